The summed E-state index contributed by atoms with van der Waals surface area (Å²) in [5.74, 6) is 0. The van der Waals surface area contributed by atoms with Crippen LogP contribution in [0.25, 0.3) is 0 Å². The van der Waals surface area contributed by atoms with E-state index < -0.39 is 18.3 Å². The first-order valence-electron chi connectivity index (χ1n) is 4.26. The quantitative estimate of drug-likeness (QED) is 0.468. The first-order chi connectivity index (χ1) is 5.22. The van der Waals surface area contributed by atoms with Gasteiger partial charge in [-0.3, -0.25) is 0 Å². The van der Waals surface area contributed by atoms with E-state index in [1.807, 2.05) is 0 Å². The molecule has 1 unspecified atom stereocenters. The highest BCUT2D eigenvalue weighted by molar-refractivity contribution is 4.77. The number of aliphatic hydroxyl groups is 3. The third-order valence-electron chi connectivity index (χ3n) is 2.29. The molecule has 0 aromatic rings. The zero-order valence-corrected chi connectivity index (χ0v) is 6.61. The van der Waals surface area contributed by atoms with Crippen molar-refractivity contribution in [2.45, 2.75) is 50.4 Å². The molecule has 0 aromatic heterocycles. The smallest absolute Gasteiger partial charge is 0.106 e. The molecule has 1 aliphatic rings. The largest absolute Gasteiger partial charge is 0.390 e. The second-order valence-electron chi connectivity index (χ2n) is 3.26. The standard InChI is InChI=1S/C8H16O3/c9-6-4-2-1-3-5-7(10)8(6)11/h6-11H,1-5H2/t6-,7+,8?. The van der Waals surface area contributed by atoms with Crippen molar-refractivity contribution in [2.75, 3.05) is 0 Å². The van der Waals surface area contributed by atoms with Crippen LogP contribution in [0.3, 0.4) is 0 Å². The summed E-state index contributed by atoms with van der Waals surface area (Å²) in [6.45, 7) is 0. The van der Waals surface area contributed by atoms with E-state index in [2.05, 4.69) is 0 Å². The maximum atomic E-state index is 9.25. The van der Waals surface area contributed by atoms with Crippen LogP contribution in [0.1, 0.15) is 32.1 Å². The predicted octanol–water partition coefficient (Wildman–Crippen LogP) is 0.0332. The fraction of sp³-hybridized carbons (Fsp3) is 1.00. The van der Waals surface area contributed by atoms with E-state index in [0.717, 1.165) is 19.3 Å². The zero-order valence-electron chi connectivity index (χ0n) is 6.61. The van der Waals surface area contributed by atoms with Gasteiger partial charge in [-0.2, -0.15) is 0 Å². The van der Waals surface area contributed by atoms with Crippen LogP contribution < -0.4 is 0 Å². The summed E-state index contributed by atoms with van der Waals surface area (Å²) in [5, 5.41) is 27.7. The average Bonchev–Trinajstić information content (AvgIpc) is 2.00. The van der Waals surface area contributed by atoms with Crippen molar-refractivity contribution in [1.29, 1.82) is 0 Å². The summed E-state index contributed by atoms with van der Waals surface area (Å²) in [6, 6.07) is 0. The highest BCUT2D eigenvalue weighted by Crippen LogP contribution is 2.17. The number of hydrogen-bond donors (Lipinski definition) is 3. The maximum Gasteiger partial charge on any atom is 0.106 e. The molecule has 3 atom stereocenters. The minimum absolute atomic E-state index is 0.609. The molecule has 0 heterocycles. The number of aliphatic hydroxyl groups excluding tert-OH is 3. The molecular formula is C8H16O3. The van der Waals surface area contributed by atoms with E-state index >= 15 is 0 Å². The topological polar surface area (TPSA) is 60.7 Å². The minimum atomic E-state index is -0.935. The van der Waals surface area contributed by atoms with Crippen molar-refractivity contribution < 1.29 is 15.3 Å². The fourth-order valence-corrected chi connectivity index (χ4v) is 1.48. The van der Waals surface area contributed by atoms with Gasteiger partial charge in [0.25, 0.3) is 0 Å². The van der Waals surface area contributed by atoms with Gasteiger partial charge in [-0.05, 0) is 12.8 Å². The second kappa shape index (κ2) is 4.04. The first-order valence-corrected chi connectivity index (χ1v) is 4.26. The van der Waals surface area contributed by atoms with Crippen molar-refractivity contribution in [1.82, 2.24) is 0 Å². The Labute approximate surface area is 66.7 Å². The molecule has 0 aromatic carbocycles. The van der Waals surface area contributed by atoms with Crippen molar-refractivity contribution in [2.24, 2.45) is 0 Å². The molecule has 0 amide bonds. The molecule has 1 rings (SSSR count). The Balaban J connectivity index is 2.42. The SMILES string of the molecule is OC1[C@H](O)CCCCC[C@@H]1O. The second-order valence-corrected chi connectivity index (χ2v) is 3.26. The molecule has 66 valence electrons. The molecule has 0 bridgehead atoms. The fourth-order valence-electron chi connectivity index (χ4n) is 1.48. The Bertz CT molecular complexity index is 104. The summed E-state index contributed by atoms with van der Waals surface area (Å²) < 4.78 is 0. The van der Waals surface area contributed by atoms with Crippen molar-refractivity contribution in [3.8, 4) is 0 Å². The summed E-state index contributed by atoms with van der Waals surface area (Å²) in [6.07, 6.45) is 1.76. The van der Waals surface area contributed by atoms with Crippen LogP contribution in [0.2, 0.25) is 0 Å². The summed E-state index contributed by atoms with van der Waals surface area (Å²) in [4.78, 5) is 0. The summed E-state index contributed by atoms with van der Waals surface area (Å²) in [5.41, 5.74) is 0. The van der Waals surface area contributed by atoms with Gasteiger partial charge in [0.1, 0.15) is 6.10 Å². The predicted molar refractivity (Wildman–Crippen MR) is 41.1 cm³/mol. The molecular weight excluding hydrogens is 144 g/mol. The number of rotatable bonds is 0. The van der Waals surface area contributed by atoms with Crippen LogP contribution in [0.4, 0.5) is 0 Å². The zero-order chi connectivity index (χ0) is 8.27. The van der Waals surface area contributed by atoms with E-state index in [-0.39, 0.29) is 0 Å². The normalized spacial score (nSPS) is 41.2. The maximum absolute atomic E-state index is 9.25. The van der Waals surface area contributed by atoms with E-state index in [1.165, 1.54) is 0 Å². The lowest BCUT2D eigenvalue weighted by molar-refractivity contribution is -0.0698. The molecule has 1 saturated carbocycles. The van der Waals surface area contributed by atoms with Crippen molar-refractivity contribution in [3.63, 3.8) is 0 Å². The molecule has 3 nitrogen and oxygen atoms in total. The minimum Gasteiger partial charge on any atom is -0.390 e. The van der Waals surface area contributed by atoms with E-state index in [1.54, 1.807) is 0 Å². The van der Waals surface area contributed by atoms with Gasteiger partial charge >= 0.3 is 0 Å². The lowest BCUT2D eigenvalue weighted by atomic mass is 9.94. The summed E-state index contributed by atoms with van der Waals surface area (Å²) in [7, 11) is 0. The first kappa shape index (κ1) is 8.97. The molecule has 3 heteroatoms. The van der Waals surface area contributed by atoms with Crippen LogP contribution in [0.5, 0.6) is 0 Å². The Kier molecular flexibility index (Phi) is 3.30. The molecule has 0 saturated heterocycles. The molecule has 0 radical (unpaired) electrons. The molecule has 1 fully saturated rings. The number of hydrogen-bond acceptors (Lipinski definition) is 3. The van der Waals surface area contributed by atoms with Gasteiger partial charge in [-0.25, -0.2) is 0 Å². The van der Waals surface area contributed by atoms with E-state index in [9.17, 15) is 15.3 Å². The van der Waals surface area contributed by atoms with Gasteiger partial charge in [0.15, 0.2) is 0 Å². The van der Waals surface area contributed by atoms with Crippen LogP contribution in [0, 0.1) is 0 Å². The highest BCUT2D eigenvalue weighted by atomic mass is 16.4. The van der Waals surface area contributed by atoms with Gasteiger partial charge in [-0.1, -0.05) is 19.3 Å². The van der Waals surface area contributed by atoms with Gasteiger partial charge in [0.2, 0.25) is 0 Å². The van der Waals surface area contributed by atoms with Crippen molar-refractivity contribution in [3.05, 3.63) is 0 Å². The van der Waals surface area contributed by atoms with Gasteiger partial charge < -0.3 is 15.3 Å². The van der Waals surface area contributed by atoms with E-state index in [0.29, 0.717) is 12.8 Å². The van der Waals surface area contributed by atoms with Crippen LogP contribution in [-0.2, 0) is 0 Å². The monoisotopic (exact) mass is 160 g/mol. The van der Waals surface area contributed by atoms with Crippen molar-refractivity contribution >= 4 is 0 Å². The van der Waals surface area contributed by atoms with E-state index in [4.69, 9.17) is 0 Å². The molecule has 11 heavy (non-hydrogen) atoms. The Morgan fingerprint density at radius 2 is 1.18 bits per heavy atom. The molecule has 3 N–H and O–H groups in total. The highest BCUT2D eigenvalue weighted by Gasteiger charge is 2.25. The summed E-state index contributed by atoms with van der Waals surface area (Å²) >= 11 is 0. The lowest BCUT2D eigenvalue weighted by Crippen LogP contribution is -2.38. The average molecular weight is 160 g/mol. The lowest BCUT2D eigenvalue weighted by Gasteiger charge is -2.25. The van der Waals surface area contributed by atoms with Gasteiger partial charge in [0.05, 0.1) is 12.2 Å². The Morgan fingerprint density at radius 3 is 1.64 bits per heavy atom. The molecule has 0 aliphatic heterocycles. The van der Waals surface area contributed by atoms with Crippen LogP contribution >= 0.6 is 0 Å². The van der Waals surface area contributed by atoms with Gasteiger partial charge in [-0.15, -0.1) is 0 Å². The Hall–Kier alpha value is -0.120. The third kappa shape index (κ3) is 2.43. The Morgan fingerprint density at radius 1 is 0.727 bits per heavy atom. The van der Waals surface area contributed by atoms with Gasteiger partial charge in [0, 0.05) is 0 Å². The molecule has 1 aliphatic carbocycles. The van der Waals surface area contributed by atoms with Crippen LogP contribution in [-0.4, -0.2) is 33.6 Å². The third-order valence-corrected chi connectivity index (χ3v) is 2.29. The van der Waals surface area contributed by atoms with Crippen LogP contribution in [0.15, 0.2) is 0 Å². The molecule has 0 spiro atoms.